The first-order valence-electron chi connectivity index (χ1n) is 3.29. The maximum atomic E-state index is 10.4. The molecule has 4 N–H and O–H groups in total. The zero-order chi connectivity index (χ0) is 9.89. The molecule has 0 aliphatic carbocycles. The van der Waals surface area contributed by atoms with Crippen molar-refractivity contribution < 1.29 is 25.2 Å². The van der Waals surface area contributed by atoms with E-state index >= 15 is 0 Å². The topological polar surface area (TPSA) is 98.0 Å². The maximum Gasteiger partial charge on any atom is 0.228 e. The van der Waals surface area contributed by atoms with Gasteiger partial charge in [0, 0.05) is 0 Å². The van der Waals surface area contributed by atoms with Crippen LogP contribution in [0.3, 0.4) is 0 Å². The first-order chi connectivity index (χ1) is 5.37. The Morgan fingerprint density at radius 1 is 1.17 bits per heavy atom. The molecule has 12 heavy (non-hydrogen) atoms. The minimum atomic E-state index is -1.73. The Morgan fingerprint density at radius 2 is 1.58 bits per heavy atom. The van der Waals surface area contributed by atoms with E-state index in [0.717, 1.165) is 0 Å². The molecule has 0 rings (SSSR count). The molecule has 0 aromatic heterocycles. The first kappa shape index (κ1) is 12.0. The monoisotopic (exact) mass is 242 g/mol. The third kappa shape index (κ3) is 3.16. The van der Waals surface area contributed by atoms with Gasteiger partial charge in [0.25, 0.3) is 0 Å². The predicted octanol–water partition coefficient (Wildman–Crippen LogP) is -1.63. The highest BCUT2D eigenvalue weighted by Gasteiger charge is 2.31. The largest absolute Gasteiger partial charge is 0.391 e. The van der Waals surface area contributed by atoms with Crippen molar-refractivity contribution in [1.29, 1.82) is 0 Å². The summed E-state index contributed by atoms with van der Waals surface area (Å²) in [5.41, 5.74) is 0. The molecular formula is C6H11BrO5. The first-order valence-corrected chi connectivity index (χ1v) is 4.08. The van der Waals surface area contributed by atoms with Gasteiger partial charge in [-0.25, -0.2) is 0 Å². The number of rotatable bonds is 4. The molecule has 0 saturated heterocycles. The van der Waals surface area contributed by atoms with E-state index in [4.69, 9.17) is 20.4 Å². The average molecular weight is 243 g/mol. The molecule has 0 saturated carbocycles. The van der Waals surface area contributed by atoms with Gasteiger partial charge >= 0.3 is 0 Å². The Labute approximate surface area is 77.8 Å². The summed E-state index contributed by atoms with van der Waals surface area (Å²) in [6.45, 7) is 1.24. The SMILES string of the molecule is C[C@@H](O)[C@@H](O)[C@H](O)[C@H](O)C(=O)Br. The molecule has 0 aliphatic heterocycles. The normalized spacial score (nSPS) is 21.2. The second kappa shape index (κ2) is 4.88. The van der Waals surface area contributed by atoms with Crippen LogP contribution in [0, 0.1) is 0 Å². The molecule has 0 aromatic carbocycles. The Balaban J connectivity index is 4.18. The zero-order valence-corrected chi connectivity index (χ0v) is 7.97. The van der Waals surface area contributed by atoms with Crippen molar-refractivity contribution in [2.45, 2.75) is 31.3 Å². The third-order valence-electron chi connectivity index (χ3n) is 1.40. The molecule has 72 valence electrons. The molecule has 0 fully saturated rings. The summed E-state index contributed by atoms with van der Waals surface area (Å²) in [6.07, 6.45) is -6.16. The maximum absolute atomic E-state index is 10.4. The molecule has 0 spiro atoms. The van der Waals surface area contributed by atoms with Crippen LogP contribution in [0.2, 0.25) is 0 Å². The number of carbonyl (C=O) groups excluding carboxylic acids is 1. The fourth-order valence-electron chi connectivity index (χ4n) is 0.606. The van der Waals surface area contributed by atoms with E-state index in [1.807, 2.05) is 0 Å². The van der Waals surface area contributed by atoms with Crippen LogP contribution >= 0.6 is 15.9 Å². The number of aliphatic hydroxyl groups excluding tert-OH is 4. The number of aliphatic hydroxyl groups is 4. The Kier molecular flexibility index (Phi) is 4.88. The molecule has 0 unspecified atom stereocenters. The highest BCUT2D eigenvalue weighted by atomic mass is 79.9. The van der Waals surface area contributed by atoms with Gasteiger partial charge in [0.05, 0.1) is 6.10 Å². The van der Waals surface area contributed by atoms with Crippen LogP contribution in [0.1, 0.15) is 6.92 Å². The van der Waals surface area contributed by atoms with Gasteiger partial charge in [-0.3, -0.25) is 4.79 Å². The van der Waals surface area contributed by atoms with Crippen molar-refractivity contribution in [2.24, 2.45) is 0 Å². The zero-order valence-electron chi connectivity index (χ0n) is 6.38. The summed E-state index contributed by atoms with van der Waals surface area (Å²) >= 11 is 2.42. The molecule has 0 aromatic rings. The highest BCUT2D eigenvalue weighted by Crippen LogP contribution is 2.07. The lowest BCUT2D eigenvalue weighted by molar-refractivity contribution is -0.134. The van der Waals surface area contributed by atoms with Gasteiger partial charge in [0.15, 0.2) is 6.10 Å². The van der Waals surface area contributed by atoms with E-state index < -0.39 is 29.1 Å². The van der Waals surface area contributed by atoms with Crippen molar-refractivity contribution in [3.8, 4) is 0 Å². The second-order valence-electron chi connectivity index (χ2n) is 2.47. The lowest BCUT2D eigenvalue weighted by atomic mass is 10.1. The van der Waals surface area contributed by atoms with Crippen molar-refractivity contribution in [1.82, 2.24) is 0 Å². The van der Waals surface area contributed by atoms with Crippen LogP contribution in [0.4, 0.5) is 0 Å². The predicted molar refractivity (Wildman–Crippen MR) is 43.6 cm³/mol. The fraction of sp³-hybridized carbons (Fsp3) is 0.833. The smallest absolute Gasteiger partial charge is 0.228 e. The van der Waals surface area contributed by atoms with Gasteiger partial charge in [-0.2, -0.15) is 0 Å². The average Bonchev–Trinajstić information content (AvgIpc) is 2.00. The third-order valence-corrected chi connectivity index (χ3v) is 1.87. The van der Waals surface area contributed by atoms with E-state index in [1.165, 1.54) is 6.92 Å². The van der Waals surface area contributed by atoms with E-state index in [2.05, 4.69) is 15.9 Å². The minimum Gasteiger partial charge on any atom is -0.391 e. The van der Waals surface area contributed by atoms with E-state index in [-0.39, 0.29) is 0 Å². The quantitative estimate of drug-likeness (QED) is 0.444. The molecule has 0 bridgehead atoms. The van der Waals surface area contributed by atoms with Crippen LogP contribution in [0.15, 0.2) is 0 Å². The molecule has 0 aliphatic rings. The van der Waals surface area contributed by atoms with Gasteiger partial charge in [-0.05, 0) is 22.9 Å². The van der Waals surface area contributed by atoms with Crippen molar-refractivity contribution in [2.75, 3.05) is 0 Å². The number of hydrogen-bond donors (Lipinski definition) is 4. The van der Waals surface area contributed by atoms with Crippen molar-refractivity contribution in [3.05, 3.63) is 0 Å². The summed E-state index contributed by atoms with van der Waals surface area (Å²) < 4.78 is -0.838. The van der Waals surface area contributed by atoms with Crippen molar-refractivity contribution >= 4 is 20.6 Å². The minimum absolute atomic E-state index is 0.838. The highest BCUT2D eigenvalue weighted by molar-refractivity contribution is 9.18. The van der Waals surface area contributed by atoms with Gasteiger partial charge < -0.3 is 20.4 Å². The molecule has 0 radical (unpaired) electrons. The van der Waals surface area contributed by atoms with E-state index in [0.29, 0.717) is 0 Å². The molecule has 4 atom stereocenters. The summed E-state index contributed by atoms with van der Waals surface area (Å²) in [5.74, 6) is 0. The Morgan fingerprint density at radius 3 is 1.83 bits per heavy atom. The van der Waals surface area contributed by atoms with Gasteiger partial charge in [-0.1, -0.05) is 0 Å². The van der Waals surface area contributed by atoms with Crippen LogP contribution in [-0.4, -0.2) is 49.5 Å². The molecule has 6 heteroatoms. The number of halogens is 1. The Bertz CT molecular complexity index is 160. The lowest BCUT2D eigenvalue weighted by Gasteiger charge is -2.22. The van der Waals surface area contributed by atoms with E-state index in [9.17, 15) is 4.79 Å². The van der Waals surface area contributed by atoms with Gasteiger partial charge in [0.2, 0.25) is 4.69 Å². The summed E-state index contributed by atoms with van der Waals surface area (Å²) in [4.78, 5) is 10.4. The van der Waals surface area contributed by atoms with Crippen LogP contribution < -0.4 is 0 Å². The Hall–Kier alpha value is -0.0100. The second-order valence-corrected chi connectivity index (χ2v) is 3.25. The molecular weight excluding hydrogens is 232 g/mol. The molecule has 0 amide bonds. The summed E-state index contributed by atoms with van der Waals surface area (Å²) in [5, 5.41) is 35.7. The van der Waals surface area contributed by atoms with Crippen molar-refractivity contribution in [3.63, 3.8) is 0 Å². The number of carbonyl (C=O) groups is 1. The van der Waals surface area contributed by atoms with Crippen LogP contribution in [0.5, 0.6) is 0 Å². The van der Waals surface area contributed by atoms with Crippen LogP contribution in [0.25, 0.3) is 0 Å². The van der Waals surface area contributed by atoms with E-state index in [1.54, 1.807) is 0 Å². The standard InChI is InChI=1S/C6H11BrO5/c1-2(8)3(9)4(10)5(11)6(7)12/h2-5,8-11H,1H3/t2-,3-,4+,5+/m1/s1. The van der Waals surface area contributed by atoms with Gasteiger partial charge in [0.1, 0.15) is 12.2 Å². The van der Waals surface area contributed by atoms with Gasteiger partial charge in [-0.15, -0.1) is 0 Å². The lowest BCUT2D eigenvalue weighted by Crippen LogP contribution is -2.45. The fourth-order valence-corrected chi connectivity index (χ4v) is 0.877. The van der Waals surface area contributed by atoms with Crippen LogP contribution in [-0.2, 0) is 4.79 Å². The molecule has 0 heterocycles. The molecule has 5 nitrogen and oxygen atoms in total. The summed E-state index contributed by atoms with van der Waals surface area (Å²) in [6, 6.07) is 0. The number of hydrogen-bond acceptors (Lipinski definition) is 5. The summed E-state index contributed by atoms with van der Waals surface area (Å²) in [7, 11) is 0.